The van der Waals surface area contributed by atoms with E-state index in [1.807, 2.05) is 0 Å². The van der Waals surface area contributed by atoms with Crippen LogP contribution in [0.15, 0.2) is 18.2 Å². The lowest BCUT2D eigenvalue weighted by atomic mass is 9.68. The molecule has 2 aliphatic carbocycles. The van der Waals surface area contributed by atoms with Crippen molar-refractivity contribution in [1.29, 1.82) is 0 Å². The third-order valence-electron chi connectivity index (χ3n) is 6.68. The van der Waals surface area contributed by atoms with Gasteiger partial charge in [0.1, 0.15) is 0 Å². The Morgan fingerprint density at radius 2 is 1.52 bits per heavy atom. The number of ether oxygens (including phenoxy) is 1. The summed E-state index contributed by atoms with van der Waals surface area (Å²) in [7, 11) is 0. The summed E-state index contributed by atoms with van der Waals surface area (Å²) < 4.78 is 54.5. The first-order chi connectivity index (χ1) is 12.9. The van der Waals surface area contributed by atoms with Crippen molar-refractivity contribution in [2.24, 2.45) is 17.8 Å². The summed E-state index contributed by atoms with van der Waals surface area (Å²) in [6, 6.07) is 3.92. The molecular weight excluding hydrogens is 356 g/mol. The van der Waals surface area contributed by atoms with Crippen molar-refractivity contribution in [3.63, 3.8) is 0 Å². The van der Waals surface area contributed by atoms with E-state index < -0.39 is 17.9 Å². The molecule has 27 heavy (non-hydrogen) atoms. The number of hydrogen-bond acceptors (Lipinski definition) is 1. The van der Waals surface area contributed by atoms with E-state index in [9.17, 15) is 17.6 Å². The Kier molecular flexibility index (Phi) is 6.69. The molecule has 3 rings (SSSR count). The highest BCUT2D eigenvalue weighted by molar-refractivity contribution is 5.31. The largest absolute Gasteiger partial charge is 0.573 e. The van der Waals surface area contributed by atoms with E-state index in [-0.39, 0.29) is 5.92 Å². The summed E-state index contributed by atoms with van der Waals surface area (Å²) in [5.74, 6) is 1.08. The molecule has 1 aromatic carbocycles. The van der Waals surface area contributed by atoms with Crippen molar-refractivity contribution < 1.29 is 22.3 Å². The highest BCUT2D eigenvalue weighted by atomic mass is 19.4. The smallest absolute Gasteiger partial charge is 0.403 e. The highest BCUT2D eigenvalue weighted by Gasteiger charge is 2.33. The van der Waals surface area contributed by atoms with Gasteiger partial charge in [-0.05, 0) is 79.9 Å². The molecule has 0 aromatic heterocycles. The predicted octanol–water partition coefficient (Wildman–Crippen LogP) is 7.60. The minimum Gasteiger partial charge on any atom is -0.403 e. The fraction of sp³-hybridized carbons (Fsp3) is 0.727. The maximum atomic E-state index is 14.0. The molecule has 2 aliphatic rings. The second kappa shape index (κ2) is 8.83. The summed E-state index contributed by atoms with van der Waals surface area (Å²) in [6.45, 7) is 2.26. The highest BCUT2D eigenvalue weighted by Crippen LogP contribution is 2.44. The second-order valence-corrected chi connectivity index (χ2v) is 8.42. The molecule has 0 aliphatic heterocycles. The topological polar surface area (TPSA) is 9.23 Å². The van der Waals surface area contributed by atoms with Crippen molar-refractivity contribution in [1.82, 2.24) is 0 Å². The van der Waals surface area contributed by atoms with Gasteiger partial charge >= 0.3 is 6.36 Å². The van der Waals surface area contributed by atoms with E-state index in [1.54, 1.807) is 6.07 Å². The van der Waals surface area contributed by atoms with E-state index in [4.69, 9.17) is 0 Å². The van der Waals surface area contributed by atoms with Gasteiger partial charge in [0.15, 0.2) is 11.6 Å². The molecule has 2 fully saturated rings. The van der Waals surface area contributed by atoms with Gasteiger partial charge in [0.05, 0.1) is 0 Å². The van der Waals surface area contributed by atoms with E-state index in [2.05, 4.69) is 11.7 Å². The first-order valence-corrected chi connectivity index (χ1v) is 10.4. The van der Waals surface area contributed by atoms with E-state index >= 15 is 0 Å². The van der Waals surface area contributed by atoms with Crippen LogP contribution in [-0.4, -0.2) is 6.36 Å². The van der Waals surface area contributed by atoms with Gasteiger partial charge in [-0.25, -0.2) is 4.39 Å². The van der Waals surface area contributed by atoms with Crippen LogP contribution < -0.4 is 4.74 Å². The quantitative estimate of drug-likeness (QED) is 0.473. The minimum absolute atomic E-state index is 0.243. The molecule has 152 valence electrons. The molecule has 0 radical (unpaired) electrons. The van der Waals surface area contributed by atoms with Gasteiger partial charge in [-0.1, -0.05) is 38.7 Å². The molecule has 0 saturated heterocycles. The van der Waals surface area contributed by atoms with Crippen molar-refractivity contribution in [2.75, 3.05) is 0 Å². The molecule has 0 bridgehead atoms. The molecule has 0 atom stereocenters. The lowest BCUT2D eigenvalue weighted by Crippen LogP contribution is -2.25. The number of hydrogen-bond donors (Lipinski definition) is 0. The number of halogens is 4. The lowest BCUT2D eigenvalue weighted by molar-refractivity contribution is -0.275. The Labute approximate surface area is 159 Å². The first kappa shape index (κ1) is 20.5. The molecule has 2 saturated carbocycles. The van der Waals surface area contributed by atoms with Crippen molar-refractivity contribution in [3.8, 4) is 5.75 Å². The Balaban J connectivity index is 1.51. The van der Waals surface area contributed by atoms with Crippen LogP contribution in [0.2, 0.25) is 0 Å². The van der Waals surface area contributed by atoms with Gasteiger partial charge < -0.3 is 4.74 Å². The van der Waals surface area contributed by atoms with E-state index in [1.165, 1.54) is 44.6 Å². The fourth-order valence-electron chi connectivity index (χ4n) is 5.26. The Morgan fingerprint density at radius 3 is 2.04 bits per heavy atom. The molecule has 1 aromatic rings. The summed E-state index contributed by atoms with van der Waals surface area (Å²) in [5.41, 5.74) is 0.798. The fourth-order valence-corrected chi connectivity index (χ4v) is 5.26. The van der Waals surface area contributed by atoms with Crippen LogP contribution in [-0.2, 0) is 0 Å². The second-order valence-electron chi connectivity index (χ2n) is 8.42. The maximum Gasteiger partial charge on any atom is 0.573 e. The lowest BCUT2D eigenvalue weighted by Gasteiger charge is -2.38. The standard InChI is InChI=1S/C22H30F4O/c1-2-3-15-4-6-16(7-5-15)17-8-10-18(11-9-17)19-12-13-21(20(23)14-19)27-22(24,25)26/h12-18H,2-11H2,1H3/t15-,16-,17?,18?. The molecule has 0 N–H and O–H groups in total. The zero-order valence-corrected chi connectivity index (χ0v) is 16.0. The SMILES string of the molecule is CCC[C@H]1CC[C@H](C2CCC(c3ccc(OC(F)(F)F)c(F)c3)CC2)CC1. The first-order valence-electron chi connectivity index (χ1n) is 10.4. The van der Waals surface area contributed by atoms with Crippen LogP contribution in [0.1, 0.15) is 82.6 Å². The molecule has 5 heteroatoms. The molecular formula is C22H30F4O. The van der Waals surface area contributed by atoms with Crippen molar-refractivity contribution in [2.45, 2.75) is 83.4 Å². The van der Waals surface area contributed by atoms with Crippen LogP contribution in [0.4, 0.5) is 17.6 Å². The summed E-state index contributed by atoms with van der Waals surface area (Å²) in [5, 5.41) is 0. The number of alkyl halides is 3. The van der Waals surface area contributed by atoms with Gasteiger partial charge in [0.2, 0.25) is 0 Å². The Morgan fingerprint density at radius 1 is 0.926 bits per heavy atom. The van der Waals surface area contributed by atoms with E-state index in [0.717, 1.165) is 55.1 Å². The Bertz CT molecular complexity index is 597. The summed E-state index contributed by atoms with van der Waals surface area (Å²) >= 11 is 0. The maximum absolute atomic E-state index is 14.0. The molecule has 0 heterocycles. The minimum atomic E-state index is -4.86. The van der Waals surface area contributed by atoms with Crippen LogP contribution >= 0.6 is 0 Å². The van der Waals surface area contributed by atoms with E-state index in [0.29, 0.717) is 0 Å². The summed E-state index contributed by atoms with van der Waals surface area (Å²) in [4.78, 5) is 0. The van der Waals surface area contributed by atoms with Crippen molar-refractivity contribution in [3.05, 3.63) is 29.6 Å². The molecule has 1 nitrogen and oxygen atoms in total. The monoisotopic (exact) mass is 386 g/mol. The zero-order chi connectivity index (χ0) is 19.4. The molecule has 0 unspecified atom stereocenters. The molecule has 0 amide bonds. The Hall–Kier alpha value is -1.26. The number of benzene rings is 1. The van der Waals surface area contributed by atoms with Gasteiger partial charge in [-0.3, -0.25) is 0 Å². The normalized spacial score (nSPS) is 29.5. The van der Waals surface area contributed by atoms with Crippen molar-refractivity contribution >= 4 is 0 Å². The summed E-state index contributed by atoms with van der Waals surface area (Å²) in [6.07, 6.45) is 7.49. The predicted molar refractivity (Wildman–Crippen MR) is 98.1 cm³/mol. The van der Waals surface area contributed by atoms with Crippen LogP contribution in [0.25, 0.3) is 0 Å². The van der Waals surface area contributed by atoms with Gasteiger partial charge in [0, 0.05) is 0 Å². The van der Waals surface area contributed by atoms with Gasteiger partial charge in [0.25, 0.3) is 0 Å². The third kappa shape index (κ3) is 5.61. The van der Waals surface area contributed by atoms with Crippen LogP contribution in [0.5, 0.6) is 5.75 Å². The molecule has 0 spiro atoms. The zero-order valence-electron chi connectivity index (χ0n) is 16.0. The van der Waals surface area contributed by atoms with Crippen LogP contribution in [0, 0.1) is 23.6 Å². The average Bonchev–Trinajstić information content (AvgIpc) is 2.63. The van der Waals surface area contributed by atoms with Gasteiger partial charge in [-0.2, -0.15) is 0 Å². The third-order valence-corrected chi connectivity index (χ3v) is 6.68. The van der Waals surface area contributed by atoms with Gasteiger partial charge in [-0.15, -0.1) is 13.2 Å². The van der Waals surface area contributed by atoms with Crippen LogP contribution in [0.3, 0.4) is 0 Å². The number of rotatable bonds is 5. The average molecular weight is 386 g/mol.